The number of nitrogens with one attached hydrogen (secondary N) is 1. The van der Waals surface area contributed by atoms with Gasteiger partial charge in [0.1, 0.15) is 6.33 Å². The first-order chi connectivity index (χ1) is 9.72. The number of benzene rings is 1. The van der Waals surface area contributed by atoms with Crippen LogP contribution in [0.2, 0.25) is 0 Å². The van der Waals surface area contributed by atoms with Crippen molar-refractivity contribution in [2.24, 2.45) is 13.0 Å². The molecule has 0 amide bonds. The zero-order valence-corrected chi connectivity index (χ0v) is 12.2. The molecule has 2 unspecified atom stereocenters. The first-order valence-electron chi connectivity index (χ1n) is 7.43. The van der Waals surface area contributed by atoms with Gasteiger partial charge in [-0.1, -0.05) is 31.9 Å². The molecule has 0 saturated heterocycles. The van der Waals surface area contributed by atoms with Gasteiger partial charge in [-0.05, 0) is 30.9 Å². The predicted molar refractivity (Wildman–Crippen MR) is 81.5 cm³/mol. The fraction of sp³-hybridized carbons (Fsp3) is 0.500. The maximum absolute atomic E-state index is 4.17. The Bertz CT molecular complexity index is 575. The quantitative estimate of drug-likeness (QED) is 0.928. The highest BCUT2D eigenvalue weighted by molar-refractivity contribution is 5.62. The van der Waals surface area contributed by atoms with Gasteiger partial charge in [-0.25, -0.2) is 0 Å². The van der Waals surface area contributed by atoms with E-state index in [0.29, 0.717) is 6.04 Å². The van der Waals surface area contributed by atoms with Crippen LogP contribution in [0.3, 0.4) is 0 Å². The molecule has 4 nitrogen and oxygen atoms in total. The summed E-state index contributed by atoms with van der Waals surface area (Å²) in [5, 5.41) is 11.8. The summed E-state index contributed by atoms with van der Waals surface area (Å²) < 4.78 is 1.95. The van der Waals surface area contributed by atoms with Crippen LogP contribution in [-0.4, -0.2) is 20.8 Å². The smallest absolute Gasteiger partial charge is 0.163 e. The van der Waals surface area contributed by atoms with E-state index in [1.54, 1.807) is 6.33 Å². The summed E-state index contributed by atoms with van der Waals surface area (Å²) in [6.07, 6.45) is 6.99. The second-order valence-corrected chi connectivity index (χ2v) is 5.96. The number of nitrogens with zero attached hydrogens (tertiary/aromatic N) is 3. The molecule has 0 aliphatic heterocycles. The third-order valence-electron chi connectivity index (χ3n) is 4.14. The van der Waals surface area contributed by atoms with E-state index in [9.17, 15) is 0 Å². The summed E-state index contributed by atoms with van der Waals surface area (Å²) in [7, 11) is 1.97. The summed E-state index contributed by atoms with van der Waals surface area (Å²) in [6, 6.07) is 9.08. The van der Waals surface area contributed by atoms with Crippen molar-refractivity contribution in [2.75, 3.05) is 5.32 Å². The third-order valence-corrected chi connectivity index (χ3v) is 4.14. The molecule has 1 aromatic carbocycles. The van der Waals surface area contributed by atoms with Gasteiger partial charge < -0.3 is 9.88 Å². The van der Waals surface area contributed by atoms with Crippen LogP contribution >= 0.6 is 0 Å². The van der Waals surface area contributed by atoms with Crippen molar-refractivity contribution in [1.82, 2.24) is 14.8 Å². The zero-order valence-electron chi connectivity index (χ0n) is 12.2. The molecule has 1 N–H and O–H groups in total. The molecule has 1 heterocycles. The fourth-order valence-corrected chi connectivity index (χ4v) is 3.09. The van der Waals surface area contributed by atoms with Gasteiger partial charge in [-0.2, -0.15) is 0 Å². The van der Waals surface area contributed by atoms with Crippen LogP contribution in [0.4, 0.5) is 5.69 Å². The van der Waals surface area contributed by atoms with Crippen molar-refractivity contribution < 1.29 is 0 Å². The average Bonchev–Trinajstić information content (AvgIpc) is 2.85. The predicted octanol–water partition coefficient (Wildman–Crippen LogP) is 3.47. The summed E-state index contributed by atoms with van der Waals surface area (Å²) >= 11 is 0. The molecule has 1 aliphatic carbocycles. The minimum absolute atomic E-state index is 0.605. The normalized spacial score (nSPS) is 22.7. The van der Waals surface area contributed by atoms with Crippen molar-refractivity contribution in [3.8, 4) is 11.4 Å². The molecular weight excluding hydrogens is 248 g/mol. The molecule has 1 fully saturated rings. The van der Waals surface area contributed by atoms with E-state index >= 15 is 0 Å². The van der Waals surface area contributed by atoms with E-state index in [2.05, 4.69) is 46.7 Å². The summed E-state index contributed by atoms with van der Waals surface area (Å²) in [5.74, 6) is 1.74. The molecule has 1 saturated carbocycles. The van der Waals surface area contributed by atoms with Crippen molar-refractivity contribution in [2.45, 2.75) is 38.6 Å². The Kier molecular flexibility index (Phi) is 3.72. The Labute approximate surface area is 120 Å². The second kappa shape index (κ2) is 5.65. The van der Waals surface area contributed by atoms with Gasteiger partial charge in [-0.3, -0.25) is 0 Å². The number of aryl methyl sites for hydroxylation is 1. The molecule has 1 aliphatic rings. The van der Waals surface area contributed by atoms with Gasteiger partial charge in [-0.15, -0.1) is 10.2 Å². The lowest BCUT2D eigenvalue weighted by Crippen LogP contribution is -2.26. The molecule has 2 atom stereocenters. The molecule has 0 radical (unpaired) electrons. The van der Waals surface area contributed by atoms with Gasteiger partial charge >= 0.3 is 0 Å². The Morgan fingerprint density at radius 3 is 2.95 bits per heavy atom. The number of hydrogen-bond donors (Lipinski definition) is 1. The van der Waals surface area contributed by atoms with Crippen molar-refractivity contribution in [1.29, 1.82) is 0 Å². The number of aromatic nitrogens is 3. The maximum Gasteiger partial charge on any atom is 0.163 e. The largest absolute Gasteiger partial charge is 0.382 e. The van der Waals surface area contributed by atoms with Crippen LogP contribution in [0.15, 0.2) is 30.6 Å². The minimum atomic E-state index is 0.605. The Hall–Kier alpha value is -1.84. The van der Waals surface area contributed by atoms with E-state index in [-0.39, 0.29) is 0 Å². The van der Waals surface area contributed by atoms with E-state index in [1.165, 1.54) is 31.4 Å². The number of hydrogen-bond acceptors (Lipinski definition) is 3. The average molecular weight is 270 g/mol. The maximum atomic E-state index is 4.17. The van der Waals surface area contributed by atoms with Gasteiger partial charge in [0.25, 0.3) is 0 Å². The van der Waals surface area contributed by atoms with Crippen LogP contribution in [0.1, 0.15) is 32.6 Å². The molecule has 2 aromatic rings. The standard InChI is InChI=1S/C16H22N4/c1-12-5-3-7-14(9-12)18-15-8-4-6-13(10-15)16-19-17-11-20(16)2/h4,6,8,10-12,14,18H,3,5,7,9H2,1-2H3. The van der Waals surface area contributed by atoms with Crippen LogP contribution in [0.25, 0.3) is 11.4 Å². The van der Waals surface area contributed by atoms with E-state index < -0.39 is 0 Å². The Morgan fingerprint density at radius 2 is 2.20 bits per heavy atom. The molecule has 3 rings (SSSR count). The molecule has 4 heteroatoms. The monoisotopic (exact) mass is 270 g/mol. The summed E-state index contributed by atoms with van der Waals surface area (Å²) in [5.41, 5.74) is 2.29. The van der Waals surface area contributed by atoms with Crippen LogP contribution in [-0.2, 0) is 7.05 Å². The molecular formula is C16H22N4. The minimum Gasteiger partial charge on any atom is -0.382 e. The molecule has 0 bridgehead atoms. The molecule has 0 spiro atoms. The second-order valence-electron chi connectivity index (χ2n) is 5.96. The highest BCUT2D eigenvalue weighted by atomic mass is 15.2. The highest BCUT2D eigenvalue weighted by Gasteiger charge is 2.18. The van der Waals surface area contributed by atoms with E-state index in [1.807, 2.05) is 11.6 Å². The van der Waals surface area contributed by atoms with Crippen molar-refractivity contribution in [3.63, 3.8) is 0 Å². The van der Waals surface area contributed by atoms with Crippen molar-refractivity contribution >= 4 is 5.69 Å². The number of rotatable bonds is 3. The first-order valence-corrected chi connectivity index (χ1v) is 7.43. The Morgan fingerprint density at radius 1 is 1.30 bits per heavy atom. The van der Waals surface area contributed by atoms with E-state index in [0.717, 1.165) is 17.3 Å². The molecule has 106 valence electrons. The van der Waals surface area contributed by atoms with Crippen LogP contribution < -0.4 is 5.32 Å². The number of anilines is 1. The first kappa shape index (κ1) is 13.2. The zero-order chi connectivity index (χ0) is 13.9. The van der Waals surface area contributed by atoms with Crippen LogP contribution in [0, 0.1) is 5.92 Å². The lowest BCUT2D eigenvalue weighted by atomic mass is 9.87. The van der Waals surface area contributed by atoms with Gasteiger partial charge in [0.2, 0.25) is 0 Å². The third kappa shape index (κ3) is 2.84. The SMILES string of the molecule is CC1CCCC(Nc2cccc(-c3nncn3C)c2)C1. The molecule has 20 heavy (non-hydrogen) atoms. The molecule has 1 aromatic heterocycles. The van der Waals surface area contributed by atoms with E-state index in [4.69, 9.17) is 0 Å². The van der Waals surface area contributed by atoms with Gasteiger partial charge in [0.15, 0.2) is 5.82 Å². The lowest BCUT2D eigenvalue weighted by molar-refractivity contribution is 0.358. The summed E-state index contributed by atoms with van der Waals surface area (Å²) in [4.78, 5) is 0. The lowest BCUT2D eigenvalue weighted by Gasteiger charge is -2.28. The van der Waals surface area contributed by atoms with Crippen molar-refractivity contribution in [3.05, 3.63) is 30.6 Å². The van der Waals surface area contributed by atoms with Gasteiger partial charge in [0, 0.05) is 24.3 Å². The Balaban J connectivity index is 1.76. The summed E-state index contributed by atoms with van der Waals surface area (Å²) in [6.45, 7) is 2.35. The van der Waals surface area contributed by atoms with Gasteiger partial charge in [0.05, 0.1) is 0 Å². The topological polar surface area (TPSA) is 42.7 Å². The van der Waals surface area contributed by atoms with Crippen LogP contribution in [0.5, 0.6) is 0 Å². The fourth-order valence-electron chi connectivity index (χ4n) is 3.09. The highest BCUT2D eigenvalue weighted by Crippen LogP contribution is 2.27.